The lowest BCUT2D eigenvalue weighted by Crippen LogP contribution is -2.05. The molecule has 18 heavy (non-hydrogen) atoms. The SMILES string of the molecule is CC(C)n1nnc(C=O)c1-c1ccc(Cl)c(Cl)c1. The van der Waals surface area contributed by atoms with Gasteiger partial charge in [0.1, 0.15) is 0 Å². The number of nitrogens with zero attached hydrogens (tertiary/aromatic N) is 3. The van der Waals surface area contributed by atoms with Gasteiger partial charge in [-0.3, -0.25) is 4.79 Å². The molecule has 0 fully saturated rings. The molecule has 4 nitrogen and oxygen atoms in total. The van der Waals surface area contributed by atoms with Crippen LogP contribution in [0.4, 0.5) is 0 Å². The molecule has 0 aliphatic carbocycles. The van der Waals surface area contributed by atoms with Crippen LogP contribution in [0.1, 0.15) is 30.4 Å². The van der Waals surface area contributed by atoms with Crippen molar-refractivity contribution >= 4 is 29.5 Å². The molecule has 2 aromatic rings. The van der Waals surface area contributed by atoms with Gasteiger partial charge in [0.15, 0.2) is 12.0 Å². The van der Waals surface area contributed by atoms with Crippen LogP contribution in [0.25, 0.3) is 11.3 Å². The Hall–Kier alpha value is -1.39. The zero-order valence-corrected chi connectivity index (χ0v) is 11.4. The number of benzene rings is 1. The largest absolute Gasteiger partial charge is 0.296 e. The van der Waals surface area contributed by atoms with Crippen molar-refractivity contribution in [3.63, 3.8) is 0 Å². The van der Waals surface area contributed by atoms with Gasteiger partial charge in [0, 0.05) is 11.6 Å². The summed E-state index contributed by atoms with van der Waals surface area (Å²) in [6, 6.07) is 5.27. The minimum Gasteiger partial charge on any atom is -0.296 e. The fraction of sp³-hybridized carbons (Fsp3) is 0.250. The van der Waals surface area contributed by atoms with Crippen molar-refractivity contribution < 1.29 is 4.79 Å². The van der Waals surface area contributed by atoms with Crippen LogP contribution in [-0.2, 0) is 0 Å². The van der Waals surface area contributed by atoms with Gasteiger partial charge < -0.3 is 0 Å². The minimum atomic E-state index is 0.0932. The Morgan fingerprint density at radius 1 is 1.28 bits per heavy atom. The molecule has 0 saturated carbocycles. The Bertz CT molecular complexity index is 593. The van der Waals surface area contributed by atoms with E-state index in [-0.39, 0.29) is 6.04 Å². The molecule has 0 atom stereocenters. The van der Waals surface area contributed by atoms with Crippen molar-refractivity contribution in [2.24, 2.45) is 0 Å². The molecule has 0 spiro atoms. The van der Waals surface area contributed by atoms with Gasteiger partial charge in [-0.2, -0.15) is 0 Å². The van der Waals surface area contributed by atoms with Crippen LogP contribution in [0.2, 0.25) is 10.0 Å². The Balaban J connectivity index is 2.64. The highest BCUT2D eigenvalue weighted by atomic mass is 35.5. The number of aldehydes is 1. The van der Waals surface area contributed by atoms with Crippen LogP contribution in [0.5, 0.6) is 0 Å². The second-order valence-corrected chi connectivity index (χ2v) is 4.92. The monoisotopic (exact) mass is 283 g/mol. The van der Waals surface area contributed by atoms with E-state index in [1.807, 2.05) is 13.8 Å². The van der Waals surface area contributed by atoms with E-state index in [1.54, 1.807) is 22.9 Å². The third-order valence-electron chi connectivity index (χ3n) is 2.51. The highest BCUT2D eigenvalue weighted by Gasteiger charge is 2.17. The van der Waals surface area contributed by atoms with Crippen molar-refractivity contribution in [2.75, 3.05) is 0 Å². The Morgan fingerprint density at radius 2 is 2.00 bits per heavy atom. The van der Waals surface area contributed by atoms with E-state index in [9.17, 15) is 4.79 Å². The number of rotatable bonds is 3. The van der Waals surface area contributed by atoms with E-state index in [2.05, 4.69) is 10.3 Å². The fourth-order valence-corrected chi connectivity index (χ4v) is 1.97. The molecule has 0 amide bonds. The van der Waals surface area contributed by atoms with Crippen molar-refractivity contribution in [3.8, 4) is 11.3 Å². The number of halogens is 2. The predicted molar refractivity (Wildman–Crippen MR) is 71.3 cm³/mol. The molecule has 94 valence electrons. The molecule has 0 bridgehead atoms. The molecule has 0 aliphatic rings. The van der Waals surface area contributed by atoms with Crippen LogP contribution in [0, 0.1) is 0 Å². The number of hydrogen-bond acceptors (Lipinski definition) is 3. The average molecular weight is 284 g/mol. The molecule has 0 unspecified atom stereocenters. The average Bonchev–Trinajstić information content (AvgIpc) is 2.76. The molecule has 0 aliphatic heterocycles. The number of carbonyl (C=O) groups excluding carboxylic acids is 1. The highest BCUT2D eigenvalue weighted by Crippen LogP contribution is 2.30. The lowest BCUT2D eigenvalue weighted by Gasteiger charge is -2.10. The topological polar surface area (TPSA) is 47.8 Å². The molecule has 2 rings (SSSR count). The summed E-state index contributed by atoms with van der Waals surface area (Å²) in [5.74, 6) is 0. The van der Waals surface area contributed by atoms with Crippen LogP contribution in [-0.4, -0.2) is 21.3 Å². The van der Waals surface area contributed by atoms with Gasteiger partial charge in [-0.05, 0) is 26.0 Å². The summed E-state index contributed by atoms with van der Waals surface area (Å²) < 4.78 is 1.68. The first kappa shape index (κ1) is 13.1. The maximum absolute atomic E-state index is 11.0. The lowest BCUT2D eigenvalue weighted by atomic mass is 10.1. The van der Waals surface area contributed by atoms with E-state index >= 15 is 0 Å². The molecular weight excluding hydrogens is 273 g/mol. The molecule has 1 aromatic heterocycles. The van der Waals surface area contributed by atoms with Crippen molar-refractivity contribution in [1.29, 1.82) is 0 Å². The summed E-state index contributed by atoms with van der Waals surface area (Å²) in [5, 5.41) is 8.73. The molecule has 6 heteroatoms. The molecule has 0 saturated heterocycles. The third kappa shape index (κ3) is 2.26. The van der Waals surface area contributed by atoms with Gasteiger partial charge in [0.2, 0.25) is 0 Å². The first-order valence-corrected chi connectivity index (χ1v) is 6.16. The van der Waals surface area contributed by atoms with Crippen molar-refractivity contribution in [2.45, 2.75) is 19.9 Å². The zero-order valence-electron chi connectivity index (χ0n) is 9.89. The first-order chi connectivity index (χ1) is 8.54. The summed E-state index contributed by atoms with van der Waals surface area (Å²) in [6.07, 6.45) is 0.684. The quantitative estimate of drug-likeness (QED) is 0.808. The van der Waals surface area contributed by atoms with E-state index in [4.69, 9.17) is 23.2 Å². The second kappa shape index (κ2) is 5.08. The van der Waals surface area contributed by atoms with Gasteiger partial charge in [-0.1, -0.05) is 34.5 Å². The van der Waals surface area contributed by atoms with E-state index < -0.39 is 0 Å². The summed E-state index contributed by atoms with van der Waals surface area (Å²) in [6.45, 7) is 3.93. The number of aromatic nitrogens is 3. The lowest BCUT2D eigenvalue weighted by molar-refractivity contribution is 0.111. The van der Waals surface area contributed by atoms with Gasteiger partial charge >= 0.3 is 0 Å². The maximum atomic E-state index is 11.0. The van der Waals surface area contributed by atoms with Gasteiger partial charge in [-0.25, -0.2) is 4.68 Å². The summed E-state index contributed by atoms with van der Waals surface area (Å²) in [4.78, 5) is 11.0. The Labute approximate surface area is 115 Å². The van der Waals surface area contributed by atoms with Crippen molar-refractivity contribution in [3.05, 3.63) is 33.9 Å². The Morgan fingerprint density at radius 3 is 2.56 bits per heavy atom. The fourth-order valence-electron chi connectivity index (χ4n) is 1.67. The van der Waals surface area contributed by atoms with Gasteiger partial charge in [0.05, 0.1) is 15.7 Å². The van der Waals surface area contributed by atoms with E-state index in [0.29, 0.717) is 27.7 Å². The zero-order chi connectivity index (χ0) is 13.3. The van der Waals surface area contributed by atoms with Crippen LogP contribution >= 0.6 is 23.2 Å². The summed E-state index contributed by atoms with van der Waals surface area (Å²) in [5.41, 5.74) is 1.71. The predicted octanol–water partition coefficient (Wildman–Crippen LogP) is 3.65. The standard InChI is InChI=1S/C12H11Cl2N3O/c1-7(2)17-12(11(6-18)15-16-17)8-3-4-9(13)10(14)5-8/h3-7H,1-2H3. The van der Waals surface area contributed by atoms with Crippen LogP contribution < -0.4 is 0 Å². The van der Waals surface area contributed by atoms with E-state index in [1.165, 1.54) is 0 Å². The Kier molecular flexibility index (Phi) is 3.68. The highest BCUT2D eigenvalue weighted by molar-refractivity contribution is 6.42. The number of carbonyl (C=O) groups is 1. The summed E-state index contributed by atoms with van der Waals surface area (Å²) >= 11 is 11.9. The van der Waals surface area contributed by atoms with Crippen LogP contribution in [0.15, 0.2) is 18.2 Å². The second-order valence-electron chi connectivity index (χ2n) is 4.11. The molecule has 1 heterocycles. The van der Waals surface area contributed by atoms with Crippen molar-refractivity contribution in [1.82, 2.24) is 15.0 Å². The normalized spacial score (nSPS) is 10.9. The van der Waals surface area contributed by atoms with E-state index in [0.717, 1.165) is 5.56 Å². The maximum Gasteiger partial charge on any atom is 0.172 e. The third-order valence-corrected chi connectivity index (χ3v) is 3.25. The molecule has 0 N–H and O–H groups in total. The van der Waals surface area contributed by atoms with Gasteiger partial charge in [0.25, 0.3) is 0 Å². The molecular formula is C12H11Cl2N3O. The molecule has 0 radical (unpaired) electrons. The van der Waals surface area contributed by atoms with Gasteiger partial charge in [-0.15, -0.1) is 5.10 Å². The first-order valence-electron chi connectivity index (χ1n) is 5.40. The van der Waals surface area contributed by atoms with Crippen LogP contribution in [0.3, 0.4) is 0 Å². The smallest absolute Gasteiger partial charge is 0.172 e. The molecule has 1 aromatic carbocycles. The number of hydrogen-bond donors (Lipinski definition) is 0. The minimum absolute atomic E-state index is 0.0932. The summed E-state index contributed by atoms with van der Waals surface area (Å²) in [7, 11) is 0.